The molecule has 0 spiro atoms. The maximum Gasteiger partial charge on any atom is 0.471 e. The molecule has 1 atom stereocenters. The number of hydrogen-bond donors (Lipinski definition) is 0. The van der Waals surface area contributed by atoms with Crippen molar-refractivity contribution >= 4 is 5.91 Å². The van der Waals surface area contributed by atoms with Gasteiger partial charge < -0.3 is 19.1 Å². The number of ether oxygens (including phenoxy) is 3. The van der Waals surface area contributed by atoms with Gasteiger partial charge in [-0.05, 0) is 41.3 Å². The number of alkyl halides is 6. The number of hydrogen-bond acceptors (Lipinski definition) is 4. The lowest BCUT2D eigenvalue weighted by molar-refractivity contribution is -0.185. The number of methoxy groups -OCH3 is 3. The number of rotatable bonds is 4. The molecule has 5 nitrogen and oxygen atoms in total. The summed E-state index contributed by atoms with van der Waals surface area (Å²) in [6, 6.07) is 7.50. The third-order valence-electron chi connectivity index (χ3n) is 5.55. The molecule has 0 saturated carbocycles. The van der Waals surface area contributed by atoms with Crippen LogP contribution in [0.4, 0.5) is 26.3 Å². The zero-order valence-electron chi connectivity index (χ0n) is 17.9. The van der Waals surface area contributed by atoms with Crippen LogP contribution in [0.2, 0.25) is 0 Å². The summed E-state index contributed by atoms with van der Waals surface area (Å²) in [5.41, 5.74) is -0.834. The Morgan fingerprint density at radius 1 is 0.970 bits per heavy atom. The molecule has 1 amide bonds. The quantitative estimate of drug-likeness (QED) is 0.594. The summed E-state index contributed by atoms with van der Waals surface area (Å²) < 4.78 is 97.2. The minimum Gasteiger partial charge on any atom is -0.497 e. The SMILES string of the molecule is COc1ccc(C2CN(C(=O)C(F)(F)F)CCc3c2cc(OC)c(OC)c3C(F)(F)F)cc1. The summed E-state index contributed by atoms with van der Waals surface area (Å²) in [6.45, 7) is -1.01. The van der Waals surface area contributed by atoms with Gasteiger partial charge in [0.15, 0.2) is 11.5 Å². The van der Waals surface area contributed by atoms with Crippen LogP contribution in [0.15, 0.2) is 30.3 Å². The average Bonchev–Trinajstić information content (AvgIpc) is 2.95. The molecule has 1 aliphatic rings. The Morgan fingerprint density at radius 2 is 1.61 bits per heavy atom. The average molecular weight is 477 g/mol. The maximum atomic E-state index is 14.1. The van der Waals surface area contributed by atoms with Crippen molar-refractivity contribution in [3.05, 3.63) is 52.6 Å². The zero-order chi connectivity index (χ0) is 24.6. The second-order valence-corrected chi connectivity index (χ2v) is 7.38. The van der Waals surface area contributed by atoms with Crippen molar-refractivity contribution in [1.29, 1.82) is 0 Å². The van der Waals surface area contributed by atoms with Gasteiger partial charge in [-0.15, -0.1) is 0 Å². The van der Waals surface area contributed by atoms with E-state index in [4.69, 9.17) is 14.2 Å². The molecule has 180 valence electrons. The molecule has 0 aliphatic carbocycles. The first kappa shape index (κ1) is 24.5. The summed E-state index contributed by atoms with van der Waals surface area (Å²) in [5, 5.41) is 0. The van der Waals surface area contributed by atoms with Crippen molar-refractivity contribution in [3.8, 4) is 17.2 Å². The minimum atomic E-state index is -5.16. The topological polar surface area (TPSA) is 48.0 Å². The summed E-state index contributed by atoms with van der Waals surface area (Å²) in [5.74, 6) is -3.41. The highest BCUT2D eigenvalue weighted by Crippen LogP contribution is 2.48. The van der Waals surface area contributed by atoms with E-state index in [0.717, 1.165) is 7.11 Å². The first-order valence-corrected chi connectivity index (χ1v) is 9.77. The van der Waals surface area contributed by atoms with Crippen molar-refractivity contribution < 1.29 is 45.3 Å². The molecule has 0 radical (unpaired) electrons. The molecule has 33 heavy (non-hydrogen) atoms. The van der Waals surface area contributed by atoms with Gasteiger partial charge in [0.2, 0.25) is 0 Å². The third-order valence-corrected chi connectivity index (χ3v) is 5.55. The third kappa shape index (κ3) is 4.81. The van der Waals surface area contributed by atoms with Crippen LogP contribution in [0.5, 0.6) is 17.2 Å². The summed E-state index contributed by atoms with van der Waals surface area (Å²) >= 11 is 0. The van der Waals surface area contributed by atoms with Crippen molar-refractivity contribution in [2.24, 2.45) is 0 Å². The van der Waals surface area contributed by atoms with Crippen LogP contribution in [0.25, 0.3) is 0 Å². The Hall–Kier alpha value is -3.11. The highest BCUT2D eigenvalue weighted by molar-refractivity contribution is 5.82. The first-order chi connectivity index (χ1) is 15.4. The van der Waals surface area contributed by atoms with Crippen LogP contribution in [-0.2, 0) is 17.4 Å². The molecule has 0 aromatic heterocycles. The Labute approximate surface area is 185 Å². The molecule has 0 N–H and O–H groups in total. The first-order valence-electron chi connectivity index (χ1n) is 9.77. The van der Waals surface area contributed by atoms with E-state index < -0.39 is 55.0 Å². The van der Waals surface area contributed by atoms with Gasteiger partial charge in [-0.1, -0.05) is 12.1 Å². The van der Waals surface area contributed by atoms with Crippen LogP contribution in [-0.4, -0.2) is 51.4 Å². The van der Waals surface area contributed by atoms with Gasteiger partial charge in [0.25, 0.3) is 0 Å². The normalized spacial score (nSPS) is 16.6. The van der Waals surface area contributed by atoms with Crippen molar-refractivity contribution in [2.75, 3.05) is 34.4 Å². The standard InChI is InChI=1S/C22H21F6NO4/c1-31-13-6-4-12(5-7-13)16-11-29(20(30)22(26,27)28)9-8-14-15(16)10-17(32-2)19(33-3)18(14)21(23,24)25/h4-7,10,16H,8-9,11H2,1-3H3. The van der Waals surface area contributed by atoms with Crippen molar-refractivity contribution in [1.82, 2.24) is 4.90 Å². The number of carbonyl (C=O) groups is 1. The predicted molar refractivity (Wildman–Crippen MR) is 106 cm³/mol. The van der Waals surface area contributed by atoms with E-state index in [1.165, 1.54) is 20.3 Å². The highest BCUT2D eigenvalue weighted by Gasteiger charge is 2.46. The molecule has 2 aromatic rings. The van der Waals surface area contributed by atoms with Gasteiger partial charge in [0, 0.05) is 19.0 Å². The summed E-state index contributed by atoms with van der Waals surface area (Å²) in [7, 11) is 3.64. The van der Waals surface area contributed by atoms with E-state index in [1.807, 2.05) is 0 Å². The molecule has 0 bridgehead atoms. The van der Waals surface area contributed by atoms with Gasteiger partial charge in [-0.3, -0.25) is 4.79 Å². The monoisotopic (exact) mass is 477 g/mol. The molecule has 1 unspecified atom stereocenters. The van der Waals surface area contributed by atoms with Crippen LogP contribution in [0.1, 0.15) is 28.2 Å². The molecule has 11 heteroatoms. The lowest BCUT2D eigenvalue weighted by atomic mass is 9.85. The Balaban J connectivity index is 2.28. The summed E-state index contributed by atoms with van der Waals surface area (Å²) in [6.07, 6.45) is -10.5. The highest BCUT2D eigenvalue weighted by atomic mass is 19.4. The van der Waals surface area contributed by atoms with E-state index in [1.54, 1.807) is 24.3 Å². The fraction of sp³-hybridized carbons (Fsp3) is 0.409. The van der Waals surface area contributed by atoms with Crippen LogP contribution < -0.4 is 14.2 Å². The lowest BCUT2D eigenvalue weighted by Crippen LogP contribution is -2.43. The maximum absolute atomic E-state index is 14.1. The molecular weight excluding hydrogens is 456 g/mol. The van der Waals surface area contributed by atoms with Crippen molar-refractivity contribution in [2.45, 2.75) is 24.7 Å². The number of benzene rings is 2. The van der Waals surface area contributed by atoms with Crippen LogP contribution >= 0.6 is 0 Å². The van der Waals surface area contributed by atoms with E-state index >= 15 is 0 Å². The Morgan fingerprint density at radius 3 is 2.09 bits per heavy atom. The Bertz CT molecular complexity index is 1020. The van der Waals surface area contributed by atoms with Gasteiger partial charge in [-0.2, -0.15) is 26.3 Å². The number of amides is 1. The second kappa shape index (κ2) is 9.03. The van der Waals surface area contributed by atoms with Gasteiger partial charge >= 0.3 is 18.3 Å². The number of nitrogens with zero attached hydrogens (tertiary/aromatic N) is 1. The minimum absolute atomic E-state index is 0.114. The van der Waals surface area contributed by atoms with Gasteiger partial charge in [0.1, 0.15) is 11.3 Å². The summed E-state index contributed by atoms with van der Waals surface area (Å²) in [4.78, 5) is 12.6. The second-order valence-electron chi connectivity index (χ2n) is 7.38. The molecule has 0 saturated heterocycles. The van der Waals surface area contributed by atoms with Crippen LogP contribution in [0, 0.1) is 0 Å². The number of carbonyl (C=O) groups excluding carboxylic acids is 1. The van der Waals surface area contributed by atoms with Gasteiger partial charge in [0.05, 0.1) is 21.3 Å². The fourth-order valence-electron chi connectivity index (χ4n) is 4.07. The zero-order valence-corrected chi connectivity index (χ0v) is 17.9. The van der Waals surface area contributed by atoms with Crippen LogP contribution in [0.3, 0.4) is 0 Å². The van der Waals surface area contributed by atoms with E-state index in [-0.39, 0.29) is 16.9 Å². The predicted octanol–water partition coefficient (Wildman–Crippen LogP) is 4.81. The molecule has 3 rings (SSSR count). The van der Waals surface area contributed by atoms with E-state index in [2.05, 4.69) is 0 Å². The number of fused-ring (bicyclic) bond motifs is 1. The van der Waals surface area contributed by atoms with Crippen molar-refractivity contribution in [3.63, 3.8) is 0 Å². The molecule has 1 aliphatic heterocycles. The number of halogens is 6. The largest absolute Gasteiger partial charge is 0.497 e. The van der Waals surface area contributed by atoms with E-state index in [0.29, 0.717) is 16.2 Å². The molecular formula is C22H21F6NO4. The molecule has 2 aromatic carbocycles. The molecule has 0 fully saturated rings. The lowest BCUT2D eigenvalue weighted by Gasteiger charge is -2.27. The van der Waals surface area contributed by atoms with Gasteiger partial charge in [-0.25, -0.2) is 0 Å². The molecule has 1 heterocycles. The Kier molecular flexibility index (Phi) is 6.71. The smallest absolute Gasteiger partial charge is 0.471 e. The fourth-order valence-corrected chi connectivity index (χ4v) is 4.07. The van der Waals surface area contributed by atoms with E-state index in [9.17, 15) is 31.1 Å².